The van der Waals surface area contributed by atoms with Crippen molar-refractivity contribution in [2.75, 3.05) is 0 Å². The van der Waals surface area contributed by atoms with Gasteiger partial charge in [0.1, 0.15) is 0 Å². The summed E-state index contributed by atoms with van der Waals surface area (Å²) < 4.78 is 0. The Kier molecular flexibility index (Phi) is 10.3. The zero-order chi connectivity index (χ0) is 16.7. The van der Waals surface area contributed by atoms with Crippen LogP contribution in [0.25, 0.3) is 0 Å². The zero-order valence-electron chi connectivity index (χ0n) is 15.4. The highest BCUT2D eigenvalue weighted by atomic mass is 14.1. The van der Waals surface area contributed by atoms with Crippen LogP contribution >= 0.6 is 0 Å². The second-order valence-electron chi connectivity index (χ2n) is 7.32. The van der Waals surface area contributed by atoms with Crippen LogP contribution < -0.4 is 0 Å². The van der Waals surface area contributed by atoms with Gasteiger partial charge in [-0.25, -0.2) is 0 Å². The standard InChI is InChI=1S/C24H36/c1(3-5-7-9-11-17-23-19-13-14-20-23)2-4-6-8-10-12-18-24-21-15-16-22-24/h1-2,13-16,19-24H,3-12,17-18H2/b2-1+. The average molecular weight is 325 g/mol. The Labute approximate surface area is 150 Å². The van der Waals surface area contributed by atoms with E-state index in [1.54, 1.807) is 0 Å². The lowest BCUT2D eigenvalue weighted by Crippen LogP contribution is -1.89. The second-order valence-corrected chi connectivity index (χ2v) is 7.32. The molecule has 0 nitrogen and oxygen atoms in total. The molecule has 0 aliphatic heterocycles. The van der Waals surface area contributed by atoms with Gasteiger partial charge in [-0.1, -0.05) is 99.3 Å². The molecule has 2 aliphatic rings. The van der Waals surface area contributed by atoms with Crippen LogP contribution in [0.15, 0.2) is 60.8 Å². The van der Waals surface area contributed by atoms with Crippen molar-refractivity contribution in [3.63, 3.8) is 0 Å². The van der Waals surface area contributed by atoms with Gasteiger partial charge in [-0.15, -0.1) is 0 Å². The van der Waals surface area contributed by atoms with Gasteiger partial charge < -0.3 is 0 Å². The molecule has 2 rings (SSSR count). The molecule has 0 radical (unpaired) electrons. The third-order valence-corrected chi connectivity index (χ3v) is 5.14. The van der Waals surface area contributed by atoms with Gasteiger partial charge >= 0.3 is 0 Å². The van der Waals surface area contributed by atoms with E-state index in [-0.39, 0.29) is 0 Å². The Morgan fingerprint density at radius 3 is 1.25 bits per heavy atom. The summed E-state index contributed by atoms with van der Waals surface area (Å²) in [6, 6.07) is 0. The first kappa shape index (κ1) is 19.0. The van der Waals surface area contributed by atoms with Crippen molar-refractivity contribution in [3.05, 3.63) is 60.8 Å². The molecule has 0 amide bonds. The van der Waals surface area contributed by atoms with Crippen molar-refractivity contribution in [2.24, 2.45) is 11.8 Å². The SMILES string of the molecule is C1=CC(CCCCCC/C=C/CCCCCCC2C=CC=C2)C=C1. The first-order chi connectivity index (χ1) is 11.9. The molecule has 0 saturated heterocycles. The maximum absolute atomic E-state index is 2.41. The lowest BCUT2D eigenvalue weighted by molar-refractivity contribution is 0.580. The molecular formula is C24H36. The molecule has 0 fully saturated rings. The molecule has 0 atom stereocenters. The lowest BCUT2D eigenvalue weighted by atomic mass is 10.0. The van der Waals surface area contributed by atoms with E-state index in [1.165, 1.54) is 77.0 Å². The molecule has 0 heteroatoms. The summed E-state index contributed by atoms with van der Waals surface area (Å²) in [6.07, 6.45) is 39.2. The Morgan fingerprint density at radius 1 is 0.458 bits per heavy atom. The maximum atomic E-state index is 2.41. The molecular weight excluding hydrogens is 288 g/mol. The third kappa shape index (κ3) is 9.11. The second kappa shape index (κ2) is 13.0. The normalized spacial score (nSPS) is 17.2. The highest BCUT2D eigenvalue weighted by molar-refractivity contribution is 5.17. The molecule has 0 heterocycles. The van der Waals surface area contributed by atoms with E-state index in [2.05, 4.69) is 60.8 Å². The van der Waals surface area contributed by atoms with Crippen LogP contribution in [0.3, 0.4) is 0 Å². The number of allylic oxidation sites excluding steroid dienone is 10. The van der Waals surface area contributed by atoms with Crippen molar-refractivity contribution < 1.29 is 0 Å². The van der Waals surface area contributed by atoms with Crippen LogP contribution in [0, 0.1) is 11.8 Å². The molecule has 2 aliphatic carbocycles. The number of unbranched alkanes of at least 4 members (excludes halogenated alkanes) is 8. The zero-order valence-corrected chi connectivity index (χ0v) is 15.4. The van der Waals surface area contributed by atoms with Crippen molar-refractivity contribution >= 4 is 0 Å². The number of hydrogen-bond acceptors (Lipinski definition) is 0. The Balaban J connectivity index is 1.27. The molecule has 24 heavy (non-hydrogen) atoms. The minimum Gasteiger partial charge on any atom is -0.0885 e. The first-order valence-electron chi connectivity index (χ1n) is 10.3. The number of rotatable bonds is 14. The molecule has 0 bridgehead atoms. The van der Waals surface area contributed by atoms with Gasteiger partial charge in [0.25, 0.3) is 0 Å². The minimum absolute atomic E-state index is 0.732. The van der Waals surface area contributed by atoms with Crippen LogP contribution in [-0.4, -0.2) is 0 Å². The van der Waals surface area contributed by atoms with Gasteiger partial charge in [-0.3, -0.25) is 0 Å². The summed E-state index contributed by atoms with van der Waals surface area (Å²) in [4.78, 5) is 0. The topological polar surface area (TPSA) is 0 Å². The van der Waals surface area contributed by atoms with Crippen molar-refractivity contribution in [1.82, 2.24) is 0 Å². The van der Waals surface area contributed by atoms with Crippen LogP contribution in [0.2, 0.25) is 0 Å². The molecule has 0 aromatic heterocycles. The van der Waals surface area contributed by atoms with Gasteiger partial charge in [-0.2, -0.15) is 0 Å². The Hall–Kier alpha value is -1.30. The van der Waals surface area contributed by atoms with E-state index in [9.17, 15) is 0 Å². The summed E-state index contributed by atoms with van der Waals surface area (Å²) in [5, 5.41) is 0. The fraction of sp³-hybridized carbons (Fsp3) is 0.583. The quantitative estimate of drug-likeness (QED) is 0.227. The summed E-state index contributed by atoms with van der Waals surface area (Å²) in [5.74, 6) is 1.46. The van der Waals surface area contributed by atoms with Crippen LogP contribution in [0.1, 0.15) is 77.0 Å². The molecule has 132 valence electrons. The molecule has 0 saturated carbocycles. The fourth-order valence-corrected chi connectivity index (χ4v) is 3.57. The van der Waals surface area contributed by atoms with Gasteiger partial charge in [0, 0.05) is 0 Å². The first-order valence-corrected chi connectivity index (χ1v) is 10.3. The van der Waals surface area contributed by atoms with Gasteiger partial charge in [-0.05, 0) is 50.4 Å². The Morgan fingerprint density at radius 2 is 0.833 bits per heavy atom. The maximum Gasteiger partial charge on any atom is -0.00473 e. The molecule has 0 spiro atoms. The van der Waals surface area contributed by atoms with E-state index in [0.717, 1.165) is 11.8 Å². The summed E-state index contributed by atoms with van der Waals surface area (Å²) in [5.41, 5.74) is 0. The fourth-order valence-electron chi connectivity index (χ4n) is 3.57. The van der Waals surface area contributed by atoms with E-state index in [1.807, 2.05) is 0 Å². The van der Waals surface area contributed by atoms with E-state index < -0.39 is 0 Å². The highest BCUT2D eigenvalue weighted by Crippen LogP contribution is 2.18. The van der Waals surface area contributed by atoms with Crippen molar-refractivity contribution in [1.29, 1.82) is 0 Å². The van der Waals surface area contributed by atoms with Crippen LogP contribution in [-0.2, 0) is 0 Å². The smallest absolute Gasteiger partial charge is 0.00473 e. The number of hydrogen-bond donors (Lipinski definition) is 0. The van der Waals surface area contributed by atoms with Gasteiger partial charge in [0.2, 0.25) is 0 Å². The summed E-state index contributed by atoms with van der Waals surface area (Å²) >= 11 is 0. The van der Waals surface area contributed by atoms with Crippen molar-refractivity contribution in [3.8, 4) is 0 Å². The minimum atomic E-state index is 0.732. The van der Waals surface area contributed by atoms with E-state index >= 15 is 0 Å². The lowest BCUT2D eigenvalue weighted by Gasteiger charge is -2.04. The largest absolute Gasteiger partial charge is 0.0885 e. The third-order valence-electron chi connectivity index (χ3n) is 5.14. The van der Waals surface area contributed by atoms with Gasteiger partial charge in [0.15, 0.2) is 0 Å². The van der Waals surface area contributed by atoms with Crippen LogP contribution in [0.5, 0.6) is 0 Å². The average Bonchev–Trinajstić information content (AvgIpc) is 3.28. The van der Waals surface area contributed by atoms with Crippen molar-refractivity contribution in [2.45, 2.75) is 77.0 Å². The summed E-state index contributed by atoms with van der Waals surface area (Å²) in [6.45, 7) is 0. The molecule has 0 unspecified atom stereocenters. The molecule has 0 aromatic rings. The molecule has 0 N–H and O–H groups in total. The predicted molar refractivity (Wildman–Crippen MR) is 108 cm³/mol. The molecule has 0 aromatic carbocycles. The predicted octanol–water partition coefficient (Wildman–Crippen LogP) is 7.71. The van der Waals surface area contributed by atoms with Crippen LogP contribution in [0.4, 0.5) is 0 Å². The van der Waals surface area contributed by atoms with Gasteiger partial charge in [0.05, 0.1) is 0 Å². The monoisotopic (exact) mass is 324 g/mol. The van der Waals surface area contributed by atoms with E-state index in [4.69, 9.17) is 0 Å². The summed E-state index contributed by atoms with van der Waals surface area (Å²) in [7, 11) is 0. The Bertz CT molecular complexity index is 381. The van der Waals surface area contributed by atoms with E-state index in [0.29, 0.717) is 0 Å². The highest BCUT2D eigenvalue weighted by Gasteiger charge is 2.03.